The molecule has 1 amide bonds. The van der Waals surface area contributed by atoms with Gasteiger partial charge < -0.3 is 14.7 Å². The number of carboxylic acid groups (broad SMARTS) is 1. The van der Waals surface area contributed by atoms with E-state index in [1.807, 2.05) is 0 Å². The van der Waals surface area contributed by atoms with Crippen LogP contribution in [-0.4, -0.2) is 57.9 Å². The van der Waals surface area contributed by atoms with Crippen LogP contribution in [0, 0.1) is 5.92 Å². The molecule has 1 fully saturated rings. The first-order valence-electron chi connectivity index (χ1n) is 5.29. The maximum absolute atomic E-state index is 12.1. The summed E-state index contributed by atoms with van der Waals surface area (Å²) in [5.41, 5.74) is 0. The number of amides is 1. The molecule has 0 spiro atoms. The van der Waals surface area contributed by atoms with E-state index in [9.17, 15) is 14.4 Å². The molecule has 1 N–H and O–H groups in total. The van der Waals surface area contributed by atoms with Crippen LogP contribution in [0.4, 0.5) is 0 Å². The van der Waals surface area contributed by atoms with Gasteiger partial charge in [0.25, 0.3) is 0 Å². The molecule has 3 atom stereocenters. The number of hydrogen-bond donors (Lipinski definition) is 2. The molecule has 1 aliphatic heterocycles. The quantitative estimate of drug-likeness (QED) is 0.564. The highest BCUT2D eigenvalue weighted by Gasteiger charge is 2.46. The van der Waals surface area contributed by atoms with Crippen LogP contribution >= 0.6 is 24.4 Å². The Balaban J connectivity index is 2.98. The van der Waals surface area contributed by atoms with E-state index in [4.69, 9.17) is 5.11 Å². The average Bonchev–Trinajstić information content (AvgIpc) is 2.80. The van der Waals surface area contributed by atoms with Crippen LogP contribution in [0.2, 0.25) is 0 Å². The molecule has 0 aliphatic carbocycles. The summed E-state index contributed by atoms with van der Waals surface area (Å²) in [4.78, 5) is 35.9. The van der Waals surface area contributed by atoms with Gasteiger partial charge in [-0.3, -0.25) is 4.79 Å². The lowest BCUT2D eigenvalue weighted by atomic mass is 10.1. The van der Waals surface area contributed by atoms with Gasteiger partial charge in [0.2, 0.25) is 5.91 Å². The van der Waals surface area contributed by atoms with Gasteiger partial charge in [-0.2, -0.15) is 12.6 Å². The third-order valence-electron chi connectivity index (χ3n) is 2.63. The van der Waals surface area contributed by atoms with Crippen molar-refractivity contribution in [2.75, 3.05) is 18.6 Å². The van der Waals surface area contributed by atoms with Gasteiger partial charge in [0.15, 0.2) is 5.37 Å². The first-order valence-corrected chi connectivity index (χ1v) is 6.97. The first-order chi connectivity index (χ1) is 8.43. The SMILES string of the molecule is COC(=O)[C@H]1CS[C@@H](C(=O)O)N1C(=O)C(C)CS. The van der Waals surface area contributed by atoms with E-state index in [-0.39, 0.29) is 5.75 Å². The van der Waals surface area contributed by atoms with Crippen molar-refractivity contribution in [1.29, 1.82) is 0 Å². The van der Waals surface area contributed by atoms with Crippen LogP contribution in [0.1, 0.15) is 6.92 Å². The minimum Gasteiger partial charge on any atom is -0.479 e. The lowest BCUT2D eigenvalue weighted by Crippen LogP contribution is -2.50. The van der Waals surface area contributed by atoms with Gasteiger partial charge in [0.1, 0.15) is 6.04 Å². The monoisotopic (exact) mass is 293 g/mol. The summed E-state index contributed by atoms with van der Waals surface area (Å²) < 4.78 is 4.60. The Morgan fingerprint density at radius 3 is 2.61 bits per heavy atom. The molecule has 1 unspecified atom stereocenters. The van der Waals surface area contributed by atoms with Crippen LogP contribution in [-0.2, 0) is 19.1 Å². The number of thiol groups is 1. The van der Waals surface area contributed by atoms with Crippen molar-refractivity contribution in [3.8, 4) is 0 Å². The topological polar surface area (TPSA) is 83.9 Å². The van der Waals surface area contributed by atoms with Crippen LogP contribution in [0.25, 0.3) is 0 Å². The molecule has 102 valence electrons. The van der Waals surface area contributed by atoms with E-state index in [0.717, 1.165) is 16.7 Å². The summed E-state index contributed by atoms with van der Waals surface area (Å²) in [6.45, 7) is 1.64. The second kappa shape index (κ2) is 6.33. The lowest BCUT2D eigenvalue weighted by molar-refractivity contribution is -0.156. The normalized spacial score (nSPS) is 24.7. The molecule has 0 aromatic rings. The molecule has 0 bridgehead atoms. The Bertz CT molecular complexity index is 362. The smallest absolute Gasteiger partial charge is 0.337 e. The molecule has 1 saturated heterocycles. The number of methoxy groups -OCH3 is 1. The number of carbonyl (C=O) groups excluding carboxylic acids is 2. The van der Waals surface area contributed by atoms with Crippen LogP contribution in [0.3, 0.4) is 0 Å². The van der Waals surface area contributed by atoms with Crippen molar-refractivity contribution in [1.82, 2.24) is 4.90 Å². The van der Waals surface area contributed by atoms with Crippen molar-refractivity contribution in [3.63, 3.8) is 0 Å². The largest absolute Gasteiger partial charge is 0.479 e. The molecule has 1 rings (SSSR count). The average molecular weight is 293 g/mol. The van der Waals surface area contributed by atoms with Gasteiger partial charge in [0, 0.05) is 17.4 Å². The van der Waals surface area contributed by atoms with Gasteiger partial charge in [-0.15, -0.1) is 11.8 Å². The number of hydrogen-bond acceptors (Lipinski definition) is 6. The zero-order valence-corrected chi connectivity index (χ0v) is 11.7. The maximum atomic E-state index is 12.1. The van der Waals surface area contributed by atoms with Crippen LogP contribution in [0.5, 0.6) is 0 Å². The number of nitrogens with zero attached hydrogens (tertiary/aromatic N) is 1. The molecule has 6 nitrogen and oxygen atoms in total. The molecule has 0 saturated carbocycles. The number of thioether (sulfide) groups is 1. The van der Waals surface area contributed by atoms with Gasteiger partial charge in [-0.05, 0) is 0 Å². The van der Waals surface area contributed by atoms with E-state index < -0.39 is 35.2 Å². The van der Waals surface area contributed by atoms with Gasteiger partial charge in [-0.25, -0.2) is 9.59 Å². The highest BCUT2D eigenvalue weighted by atomic mass is 32.2. The molecule has 1 aliphatic rings. The predicted octanol–water partition coefficient (Wildman–Crippen LogP) is 0.0800. The van der Waals surface area contributed by atoms with E-state index >= 15 is 0 Å². The molecule has 0 radical (unpaired) electrons. The highest BCUT2D eigenvalue weighted by molar-refractivity contribution is 8.00. The number of carbonyl (C=O) groups is 3. The zero-order chi connectivity index (χ0) is 13.9. The summed E-state index contributed by atoms with van der Waals surface area (Å²) in [6.07, 6.45) is 0. The molecule has 18 heavy (non-hydrogen) atoms. The molecule has 8 heteroatoms. The third kappa shape index (κ3) is 2.92. The first kappa shape index (κ1) is 15.2. The van der Waals surface area contributed by atoms with Crippen molar-refractivity contribution < 1.29 is 24.2 Å². The van der Waals surface area contributed by atoms with Gasteiger partial charge in [-0.1, -0.05) is 6.92 Å². The zero-order valence-electron chi connectivity index (χ0n) is 10.0. The number of esters is 1. The van der Waals surface area contributed by atoms with Crippen molar-refractivity contribution in [3.05, 3.63) is 0 Å². The Kier molecular flexibility index (Phi) is 5.33. The number of ether oxygens (including phenoxy) is 1. The van der Waals surface area contributed by atoms with Crippen LogP contribution in [0.15, 0.2) is 0 Å². The second-order valence-corrected chi connectivity index (χ2v) is 5.37. The third-order valence-corrected chi connectivity index (χ3v) is 4.44. The van der Waals surface area contributed by atoms with E-state index in [1.165, 1.54) is 7.11 Å². The number of carboxylic acids is 1. The molecular formula is C10H15NO5S2. The summed E-state index contributed by atoms with van der Waals surface area (Å²) in [6, 6.07) is -0.837. The van der Waals surface area contributed by atoms with Gasteiger partial charge >= 0.3 is 11.9 Å². The molecule has 1 heterocycles. The molecule has 0 aromatic heterocycles. The Hall–Kier alpha value is -0.890. The van der Waals surface area contributed by atoms with E-state index in [2.05, 4.69) is 17.4 Å². The minimum absolute atomic E-state index is 0.231. The van der Waals surface area contributed by atoms with Gasteiger partial charge in [0.05, 0.1) is 7.11 Å². The summed E-state index contributed by atoms with van der Waals surface area (Å²) in [5.74, 6) is -2.04. The molecular weight excluding hydrogens is 278 g/mol. The summed E-state index contributed by atoms with van der Waals surface area (Å²) in [5, 5.41) is 8.04. The predicted molar refractivity (Wildman–Crippen MR) is 69.5 cm³/mol. The summed E-state index contributed by atoms with van der Waals surface area (Å²) >= 11 is 5.06. The fourth-order valence-corrected chi connectivity index (χ4v) is 2.99. The minimum atomic E-state index is -1.13. The standard InChI is InChI=1S/C10H15NO5S2/c1-5(3-17)7(12)11-6(10(15)16-2)4-18-8(11)9(13)14/h5-6,8,17H,3-4H2,1-2H3,(H,13,14)/t5?,6-,8+/m1/s1. The number of aliphatic carboxylic acids is 1. The number of rotatable bonds is 4. The van der Waals surface area contributed by atoms with Crippen LogP contribution < -0.4 is 0 Å². The Labute approximate surface area is 114 Å². The Morgan fingerprint density at radius 1 is 1.56 bits per heavy atom. The fraction of sp³-hybridized carbons (Fsp3) is 0.700. The fourth-order valence-electron chi connectivity index (χ4n) is 1.62. The van der Waals surface area contributed by atoms with Crippen molar-refractivity contribution in [2.45, 2.75) is 18.3 Å². The Morgan fingerprint density at radius 2 is 2.17 bits per heavy atom. The molecule has 0 aromatic carbocycles. The highest BCUT2D eigenvalue weighted by Crippen LogP contribution is 2.31. The maximum Gasteiger partial charge on any atom is 0.337 e. The van der Waals surface area contributed by atoms with Crippen molar-refractivity contribution in [2.24, 2.45) is 5.92 Å². The summed E-state index contributed by atoms with van der Waals surface area (Å²) in [7, 11) is 1.21. The van der Waals surface area contributed by atoms with E-state index in [0.29, 0.717) is 5.75 Å². The van der Waals surface area contributed by atoms with Crippen molar-refractivity contribution >= 4 is 42.2 Å². The lowest BCUT2D eigenvalue weighted by Gasteiger charge is -2.27. The van der Waals surface area contributed by atoms with E-state index in [1.54, 1.807) is 6.92 Å². The second-order valence-electron chi connectivity index (χ2n) is 3.89.